The molecule has 86 valence electrons. The summed E-state index contributed by atoms with van der Waals surface area (Å²) in [6.45, 7) is 4.13. The molecule has 0 bridgehead atoms. The van der Waals surface area contributed by atoms with E-state index in [-0.39, 0.29) is 0 Å². The highest BCUT2D eigenvalue weighted by Crippen LogP contribution is 2.13. The van der Waals surface area contributed by atoms with Gasteiger partial charge in [0.25, 0.3) is 0 Å². The third kappa shape index (κ3) is 2.61. The molecule has 2 heterocycles. The minimum atomic E-state index is 0.333. The van der Waals surface area contributed by atoms with Gasteiger partial charge in [0, 0.05) is 24.5 Å². The Morgan fingerprint density at radius 2 is 2.12 bits per heavy atom. The highest BCUT2D eigenvalue weighted by atomic mass is 15.3. The van der Waals surface area contributed by atoms with Gasteiger partial charge in [0.05, 0.1) is 5.56 Å². The molecule has 2 aromatic rings. The van der Waals surface area contributed by atoms with Crippen LogP contribution < -0.4 is 5.32 Å². The van der Waals surface area contributed by atoms with E-state index in [4.69, 9.17) is 5.26 Å². The molecule has 5 nitrogen and oxygen atoms in total. The Balaban J connectivity index is 2.11. The van der Waals surface area contributed by atoms with Gasteiger partial charge in [-0.15, -0.1) is 0 Å². The monoisotopic (exact) mass is 227 g/mol. The Hall–Kier alpha value is -2.35. The summed E-state index contributed by atoms with van der Waals surface area (Å²) in [6.07, 6.45) is 3.44. The second kappa shape index (κ2) is 4.66. The predicted molar refractivity (Wildman–Crippen MR) is 64.8 cm³/mol. The highest BCUT2D eigenvalue weighted by molar-refractivity contribution is 5.51. The summed E-state index contributed by atoms with van der Waals surface area (Å²) in [6, 6.07) is 7.72. The Morgan fingerprint density at radius 3 is 2.65 bits per heavy atom. The predicted octanol–water partition coefficient (Wildman–Crippen LogP) is 2.47. The summed E-state index contributed by atoms with van der Waals surface area (Å²) in [5, 5.41) is 16.1. The number of hydrogen-bond acceptors (Lipinski definition) is 4. The molecule has 0 radical (unpaired) electrons. The van der Waals surface area contributed by atoms with Crippen molar-refractivity contribution in [1.29, 1.82) is 5.26 Å². The summed E-state index contributed by atoms with van der Waals surface area (Å²) < 4.78 is 1.87. The van der Waals surface area contributed by atoms with Crippen LogP contribution in [0, 0.1) is 11.3 Å². The van der Waals surface area contributed by atoms with Crippen molar-refractivity contribution in [2.75, 3.05) is 5.32 Å². The largest absolute Gasteiger partial charge is 0.323 e. The van der Waals surface area contributed by atoms with Crippen LogP contribution in [0.25, 0.3) is 0 Å². The maximum atomic E-state index is 8.66. The lowest BCUT2D eigenvalue weighted by Gasteiger charge is -2.04. The molecule has 0 unspecified atom stereocenters. The van der Waals surface area contributed by atoms with E-state index in [1.165, 1.54) is 6.20 Å². The first kappa shape index (κ1) is 11.1. The van der Waals surface area contributed by atoms with Gasteiger partial charge >= 0.3 is 0 Å². The fourth-order valence-electron chi connectivity index (χ4n) is 1.36. The lowest BCUT2D eigenvalue weighted by Crippen LogP contribution is -2.02. The van der Waals surface area contributed by atoms with Crippen molar-refractivity contribution in [3.05, 3.63) is 36.2 Å². The molecule has 0 aliphatic carbocycles. The number of nitriles is 1. The average molecular weight is 227 g/mol. The fraction of sp³-hybridized carbons (Fsp3) is 0.250. The van der Waals surface area contributed by atoms with Crippen LogP contribution in [0.5, 0.6) is 0 Å². The van der Waals surface area contributed by atoms with Crippen molar-refractivity contribution in [3.63, 3.8) is 0 Å². The van der Waals surface area contributed by atoms with Crippen molar-refractivity contribution >= 4 is 11.6 Å². The molecule has 2 rings (SSSR count). The van der Waals surface area contributed by atoms with Crippen molar-refractivity contribution in [1.82, 2.24) is 14.8 Å². The zero-order valence-electron chi connectivity index (χ0n) is 9.75. The van der Waals surface area contributed by atoms with Crippen LogP contribution in [0.3, 0.4) is 0 Å². The first-order chi connectivity index (χ1) is 8.19. The Labute approximate surface area is 99.7 Å². The van der Waals surface area contributed by atoms with Crippen LogP contribution in [0.15, 0.2) is 30.6 Å². The van der Waals surface area contributed by atoms with Crippen LogP contribution in [0.2, 0.25) is 0 Å². The van der Waals surface area contributed by atoms with Crippen LogP contribution in [0.4, 0.5) is 11.6 Å². The SMILES string of the molecule is CC(C)n1ccc(Nc2ccc(C#N)cn2)n1. The molecular formula is C12H13N5. The molecule has 5 heteroatoms. The van der Waals surface area contributed by atoms with Crippen LogP contribution in [-0.2, 0) is 0 Å². The van der Waals surface area contributed by atoms with Crippen LogP contribution in [0.1, 0.15) is 25.5 Å². The van der Waals surface area contributed by atoms with Gasteiger partial charge in [-0.25, -0.2) is 4.98 Å². The van der Waals surface area contributed by atoms with E-state index < -0.39 is 0 Å². The summed E-state index contributed by atoms with van der Waals surface area (Å²) >= 11 is 0. The molecule has 2 aromatic heterocycles. The minimum absolute atomic E-state index is 0.333. The lowest BCUT2D eigenvalue weighted by atomic mass is 10.3. The standard InChI is InChI=1S/C12H13N5/c1-9(2)17-6-5-12(16-17)15-11-4-3-10(7-13)8-14-11/h3-6,8-9H,1-2H3,(H,14,15,16). The van der Waals surface area contributed by atoms with Gasteiger partial charge in [-0.3, -0.25) is 4.68 Å². The molecule has 17 heavy (non-hydrogen) atoms. The quantitative estimate of drug-likeness (QED) is 0.874. The normalized spacial score (nSPS) is 10.2. The van der Waals surface area contributed by atoms with Crippen molar-refractivity contribution in [2.45, 2.75) is 19.9 Å². The van der Waals surface area contributed by atoms with E-state index in [9.17, 15) is 0 Å². The third-order valence-electron chi connectivity index (χ3n) is 2.29. The molecule has 0 fully saturated rings. The summed E-state index contributed by atoms with van der Waals surface area (Å²) in [7, 11) is 0. The van der Waals surface area contributed by atoms with Crippen LogP contribution in [-0.4, -0.2) is 14.8 Å². The van der Waals surface area contributed by atoms with Gasteiger partial charge in [-0.05, 0) is 26.0 Å². The maximum absolute atomic E-state index is 8.66. The zero-order chi connectivity index (χ0) is 12.3. The van der Waals surface area contributed by atoms with E-state index >= 15 is 0 Å². The second-order valence-corrected chi connectivity index (χ2v) is 3.94. The summed E-state index contributed by atoms with van der Waals surface area (Å²) in [5.41, 5.74) is 0.545. The second-order valence-electron chi connectivity index (χ2n) is 3.94. The fourth-order valence-corrected chi connectivity index (χ4v) is 1.36. The third-order valence-corrected chi connectivity index (χ3v) is 2.29. The van der Waals surface area contributed by atoms with Crippen LogP contribution >= 0.6 is 0 Å². The minimum Gasteiger partial charge on any atom is -0.323 e. The molecule has 0 aliphatic heterocycles. The Morgan fingerprint density at radius 1 is 1.29 bits per heavy atom. The van der Waals surface area contributed by atoms with E-state index in [0.717, 1.165) is 5.82 Å². The first-order valence-electron chi connectivity index (χ1n) is 5.37. The number of aromatic nitrogens is 3. The smallest absolute Gasteiger partial charge is 0.153 e. The zero-order valence-corrected chi connectivity index (χ0v) is 9.75. The molecule has 0 spiro atoms. The molecule has 0 atom stereocenters. The molecule has 0 saturated heterocycles. The van der Waals surface area contributed by atoms with E-state index in [0.29, 0.717) is 17.4 Å². The number of rotatable bonds is 3. The Kier molecular flexibility index (Phi) is 3.06. The molecule has 0 amide bonds. The lowest BCUT2D eigenvalue weighted by molar-refractivity contribution is 0.534. The summed E-state index contributed by atoms with van der Waals surface area (Å²) in [4.78, 5) is 4.12. The molecule has 1 N–H and O–H groups in total. The van der Waals surface area contributed by atoms with Gasteiger partial charge in [0.15, 0.2) is 5.82 Å². The van der Waals surface area contributed by atoms with Gasteiger partial charge in [0.1, 0.15) is 11.9 Å². The maximum Gasteiger partial charge on any atom is 0.153 e. The molecular weight excluding hydrogens is 214 g/mol. The van der Waals surface area contributed by atoms with Gasteiger partial charge in [0.2, 0.25) is 0 Å². The topological polar surface area (TPSA) is 66.5 Å². The number of nitrogens with zero attached hydrogens (tertiary/aromatic N) is 4. The van der Waals surface area contributed by atoms with Gasteiger partial charge < -0.3 is 5.32 Å². The number of nitrogens with one attached hydrogen (secondary N) is 1. The van der Waals surface area contributed by atoms with Crippen molar-refractivity contribution in [2.24, 2.45) is 0 Å². The Bertz CT molecular complexity index is 533. The van der Waals surface area contributed by atoms with E-state index in [2.05, 4.69) is 29.2 Å². The van der Waals surface area contributed by atoms with Crippen molar-refractivity contribution < 1.29 is 0 Å². The van der Waals surface area contributed by atoms with Gasteiger partial charge in [-0.1, -0.05) is 0 Å². The van der Waals surface area contributed by atoms with Gasteiger partial charge in [-0.2, -0.15) is 10.4 Å². The number of anilines is 2. The molecule has 0 aliphatic rings. The molecule has 0 aromatic carbocycles. The first-order valence-corrected chi connectivity index (χ1v) is 5.37. The summed E-state index contributed by atoms with van der Waals surface area (Å²) in [5.74, 6) is 1.42. The van der Waals surface area contributed by atoms with E-state index in [1.54, 1.807) is 12.1 Å². The number of hydrogen-bond donors (Lipinski definition) is 1. The molecule has 0 saturated carbocycles. The highest BCUT2D eigenvalue weighted by Gasteiger charge is 2.02. The average Bonchev–Trinajstić information content (AvgIpc) is 2.79. The number of pyridine rings is 1. The van der Waals surface area contributed by atoms with Crippen molar-refractivity contribution in [3.8, 4) is 6.07 Å². The van der Waals surface area contributed by atoms with E-state index in [1.807, 2.05) is 23.0 Å².